The molecule has 1 rings (SSSR count). The molecule has 0 bridgehead atoms. The van der Waals surface area contributed by atoms with E-state index in [1.54, 1.807) is 18.2 Å². The minimum atomic E-state index is -0.140. The summed E-state index contributed by atoms with van der Waals surface area (Å²) in [7, 11) is 0. The summed E-state index contributed by atoms with van der Waals surface area (Å²) < 4.78 is 0. The van der Waals surface area contributed by atoms with E-state index in [0.29, 0.717) is 21.8 Å². The van der Waals surface area contributed by atoms with Crippen molar-refractivity contribution in [1.29, 1.82) is 0 Å². The maximum Gasteiger partial charge on any atom is 0.238 e. The van der Waals surface area contributed by atoms with Gasteiger partial charge in [0.1, 0.15) is 0 Å². The van der Waals surface area contributed by atoms with Gasteiger partial charge in [0.15, 0.2) is 0 Å². The SMILES string of the molecule is CCCCC(C)NCC(=O)Nc1c(Cl)cccc1Cl. The van der Waals surface area contributed by atoms with Crippen LogP contribution < -0.4 is 10.6 Å². The van der Waals surface area contributed by atoms with Gasteiger partial charge in [-0.25, -0.2) is 0 Å². The smallest absolute Gasteiger partial charge is 0.238 e. The molecule has 1 aromatic carbocycles. The fourth-order valence-corrected chi connectivity index (χ4v) is 2.17. The Hall–Kier alpha value is -0.770. The Balaban J connectivity index is 2.43. The van der Waals surface area contributed by atoms with Crippen LogP contribution in [0.4, 0.5) is 5.69 Å². The maximum atomic E-state index is 11.8. The van der Waals surface area contributed by atoms with Gasteiger partial charge in [-0.2, -0.15) is 0 Å². The third kappa shape index (κ3) is 5.81. The maximum absolute atomic E-state index is 11.8. The predicted octanol–water partition coefficient (Wildman–Crippen LogP) is 4.10. The van der Waals surface area contributed by atoms with Gasteiger partial charge in [-0.05, 0) is 25.5 Å². The first-order chi connectivity index (χ1) is 9.04. The van der Waals surface area contributed by atoms with E-state index in [-0.39, 0.29) is 12.5 Å². The molecule has 0 aromatic heterocycles. The first-order valence-corrected chi connectivity index (χ1v) is 7.27. The van der Waals surface area contributed by atoms with Crippen molar-refractivity contribution in [2.75, 3.05) is 11.9 Å². The van der Waals surface area contributed by atoms with E-state index < -0.39 is 0 Å². The van der Waals surface area contributed by atoms with Crippen molar-refractivity contribution in [3.8, 4) is 0 Å². The largest absolute Gasteiger partial charge is 0.322 e. The quantitative estimate of drug-likeness (QED) is 0.796. The van der Waals surface area contributed by atoms with E-state index in [1.807, 2.05) is 0 Å². The molecule has 106 valence electrons. The van der Waals surface area contributed by atoms with Crippen LogP contribution in [0.3, 0.4) is 0 Å². The van der Waals surface area contributed by atoms with Crippen molar-refractivity contribution < 1.29 is 4.79 Å². The van der Waals surface area contributed by atoms with Crippen molar-refractivity contribution >= 4 is 34.8 Å². The number of hydrogen-bond donors (Lipinski definition) is 2. The summed E-state index contributed by atoms with van der Waals surface area (Å²) in [5.41, 5.74) is 0.471. The van der Waals surface area contributed by atoms with Crippen LogP contribution in [0.1, 0.15) is 33.1 Å². The number of carbonyl (C=O) groups is 1. The second-order valence-corrected chi connectivity index (χ2v) is 5.38. The Kier molecular flexibility index (Phi) is 7.21. The summed E-state index contributed by atoms with van der Waals surface area (Å²) >= 11 is 12.0. The van der Waals surface area contributed by atoms with Crippen LogP contribution in [-0.4, -0.2) is 18.5 Å². The molecule has 0 aliphatic heterocycles. The Morgan fingerprint density at radius 1 is 1.32 bits per heavy atom. The second kappa shape index (κ2) is 8.41. The molecule has 1 aromatic rings. The van der Waals surface area contributed by atoms with Gasteiger partial charge >= 0.3 is 0 Å². The predicted molar refractivity (Wildman–Crippen MR) is 82.1 cm³/mol. The number of unbranched alkanes of at least 4 members (excludes halogenated alkanes) is 1. The van der Waals surface area contributed by atoms with Crippen molar-refractivity contribution in [3.63, 3.8) is 0 Å². The molecule has 0 radical (unpaired) electrons. The molecule has 0 aliphatic carbocycles. The lowest BCUT2D eigenvalue weighted by Gasteiger charge is -2.14. The molecular weight excluding hydrogens is 283 g/mol. The molecule has 0 spiro atoms. The molecule has 0 aliphatic rings. The summed E-state index contributed by atoms with van der Waals surface area (Å²) in [6.45, 7) is 4.48. The number of para-hydroxylation sites is 1. The van der Waals surface area contributed by atoms with Gasteiger partial charge in [-0.15, -0.1) is 0 Å². The number of nitrogens with one attached hydrogen (secondary N) is 2. The summed E-state index contributed by atoms with van der Waals surface area (Å²) in [5.74, 6) is -0.140. The minimum absolute atomic E-state index is 0.140. The normalized spacial score (nSPS) is 12.2. The van der Waals surface area contributed by atoms with Crippen molar-refractivity contribution in [1.82, 2.24) is 5.32 Å². The van der Waals surface area contributed by atoms with Gasteiger partial charge < -0.3 is 10.6 Å². The van der Waals surface area contributed by atoms with E-state index in [4.69, 9.17) is 23.2 Å². The van der Waals surface area contributed by atoms with Gasteiger partial charge in [0.05, 0.1) is 22.3 Å². The summed E-state index contributed by atoms with van der Waals surface area (Å²) in [6.07, 6.45) is 3.39. The van der Waals surface area contributed by atoms with E-state index in [0.717, 1.165) is 19.3 Å². The van der Waals surface area contributed by atoms with Gasteiger partial charge in [0.25, 0.3) is 0 Å². The second-order valence-electron chi connectivity index (χ2n) is 4.57. The van der Waals surface area contributed by atoms with E-state index >= 15 is 0 Å². The topological polar surface area (TPSA) is 41.1 Å². The molecule has 0 fully saturated rings. The van der Waals surface area contributed by atoms with E-state index in [2.05, 4.69) is 24.5 Å². The minimum Gasteiger partial charge on any atom is -0.322 e. The average Bonchev–Trinajstić information content (AvgIpc) is 2.38. The highest BCUT2D eigenvalue weighted by molar-refractivity contribution is 6.39. The highest BCUT2D eigenvalue weighted by atomic mass is 35.5. The summed E-state index contributed by atoms with van der Waals surface area (Å²) in [5, 5.41) is 6.79. The zero-order valence-corrected chi connectivity index (χ0v) is 12.8. The Bertz CT molecular complexity index is 404. The number of halogens is 2. The third-order valence-electron chi connectivity index (χ3n) is 2.83. The number of rotatable bonds is 7. The number of hydrogen-bond acceptors (Lipinski definition) is 2. The Morgan fingerprint density at radius 3 is 2.53 bits per heavy atom. The molecule has 3 nitrogen and oxygen atoms in total. The molecular formula is C14H20Cl2N2O. The van der Waals surface area contributed by atoms with Gasteiger partial charge in [0, 0.05) is 6.04 Å². The molecule has 1 atom stereocenters. The fourth-order valence-electron chi connectivity index (χ4n) is 1.68. The lowest BCUT2D eigenvalue weighted by Crippen LogP contribution is -2.34. The number of anilines is 1. The Labute approximate surface area is 124 Å². The van der Waals surface area contributed by atoms with Crippen LogP contribution in [-0.2, 0) is 4.79 Å². The van der Waals surface area contributed by atoms with Crippen LogP contribution in [0.2, 0.25) is 10.0 Å². The molecule has 5 heteroatoms. The number of benzene rings is 1. The monoisotopic (exact) mass is 302 g/mol. The van der Waals surface area contributed by atoms with E-state index in [1.165, 1.54) is 0 Å². The average molecular weight is 303 g/mol. The van der Waals surface area contributed by atoms with Crippen LogP contribution >= 0.6 is 23.2 Å². The van der Waals surface area contributed by atoms with Gasteiger partial charge in [-0.1, -0.05) is 49.0 Å². The Morgan fingerprint density at radius 2 is 1.95 bits per heavy atom. The van der Waals surface area contributed by atoms with Crippen molar-refractivity contribution in [2.24, 2.45) is 0 Å². The van der Waals surface area contributed by atoms with Crippen molar-refractivity contribution in [2.45, 2.75) is 39.2 Å². The number of carbonyl (C=O) groups excluding carboxylic acids is 1. The van der Waals surface area contributed by atoms with E-state index in [9.17, 15) is 4.79 Å². The van der Waals surface area contributed by atoms with Crippen LogP contribution in [0, 0.1) is 0 Å². The van der Waals surface area contributed by atoms with Crippen LogP contribution in [0.25, 0.3) is 0 Å². The first-order valence-electron chi connectivity index (χ1n) is 6.51. The zero-order valence-electron chi connectivity index (χ0n) is 11.3. The summed E-state index contributed by atoms with van der Waals surface area (Å²) in [6, 6.07) is 5.46. The number of amides is 1. The lowest BCUT2D eigenvalue weighted by atomic mass is 10.1. The highest BCUT2D eigenvalue weighted by Crippen LogP contribution is 2.29. The summed E-state index contributed by atoms with van der Waals surface area (Å²) in [4.78, 5) is 11.8. The zero-order chi connectivity index (χ0) is 14.3. The van der Waals surface area contributed by atoms with Gasteiger partial charge in [-0.3, -0.25) is 4.79 Å². The fraction of sp³-hybridized carbons (Fsp3) is 0.500. The molecule has 19 heavy (non-hydrogen) atoms. The van der Waals surface area contributed by atoms with Crippen LogP contribution in [0.15, 0.2) is 18.2 Å². The highest BCUT2D eigenvalue weighted by Gasteiger charge is 2.10. The molecule has 1 unspecified atom stereocenters. The molecule has 2 N–H and O–H groups in total. The third-order valence-corrected chi connectivity index (χ3v) is 3.46. The first kappa shape index (κ1) is 16.3. The molecule has 0 saturated carbocycles. The molecule has 1 amide bonds. The van der Waals surface area contributed by atoms with Crippen molar-refractivity contribution in [3.05, 3.63) is 28.2 Å². The molecule has 0 saturated heterocycles. The molecule has 0 heterocycles. The van der Waals surface area contributed by atoms with Gasteiger partial charge in [0.2, 0.25) is 5.91 Å². The lowest BCUT2D eigenvalue weighted by molar-refractivity contribution is -0.115. The van der Waals surface area contributed by atoms with Crippen LogP contribution in [0.5, 0.6) is 0 Å². The standard InChI is InChI=1S/C14H20Cl2N2O/c1-3-4-6-10(2)17-9-13(19)18-14-11(15)7-5-8-12(14)16/h5,7-8,10,17H,3-4,6,9H2,1-2H3,(H,18,19).